The minimum atomic E-state index is -4.48. The fourth-order valence-electron chi connectivity index (χ4n) is 3.40. The maximum Gasteiger partial charge on any atom is 0.409 e. The molecule has 0 bridgehead atoms. The molecule has 0 radical (unpaired) electrons. The van der Waals surface area contributed by atoms with Crippen LogP contribution < -0.4 is 5.43 Å². The lowest BCUT2D eigenvalue weighted by atomic mass is 9.94. The topological polar surface area (TPSA) is 32.3 Å². The SMILES string of the molecule is CC(C)Cc1ccc2c(C(N3CCC(=O)N3)C(F)(F)F)cccc2c1. The number of halogens is 3. The van der Waals surface area contributed by atoms with Crippen molar-refractivity contribution < 1.29 is 18.0 Å². The van der Waals surface area contributed by atoms with E-state index in [0.717, 1.165) is 22.4 Å². The number of hydrogen-bond acceptors (Lipinski definition) is 2. The lowest BCUT2D eigenvalue weighted by molar-refractivity contribution is -0.190. The summed E-state index contributed by atoms with van der Waals surface area (Å²) < 4.78 is 41.3. The smallest absolute Gasteiger partial charge is 0.288 e. The lowest BCUT2D eigenvalue weighted by Crippen LogP contribution is -2.43. The van der Waals surface area contributed by atoms with E-state index >= 15 is 0 Å². The quantitative estimate of drug-likeness (QED) is 0.888. The monoisotopic (exact) mass is 350 g/mol. The van der Waals surface area contributed by atoms with Crippen LogP contribution in [0.25, 0.3) is 10.8 Å². The average Bonchev–Trinajstić information content (AvgIpc) is 2.91. The van der Waals surface area contributed by atoms with Crippen molar-refractivity contribution in [1.82, 2.24) is 10.4 Å². The Bertz CT molecular complexity index is 786. The van der Waals surface area contributed by atoms with Gasteiger partial charge in [0.25, 0.3) is 0 Å². The standard InChI is InChI=1S/C19H21F3N2O/c1-12(2)10-13-6-7-15-14(11-13)4-3-5-16(15)18(19(20,21)22)24-9-8-17(25)23-24/h3-7,11-12,18H,8-10H2,1-2H3,(H,23,25). The Labute approximate surface area is 144 Å². The van der Waals surface area contributed by atoms with Crippen LogP contribution in [0.15, 0.2) is 36.4 Å². The predicted molar refractivity (Wildman–Crippen MR) is 90.8 cm³/mol. The number of hydrazine groups is 1. The molecule has 1 fully saturated rings. The molecular weight excluding hydrogens is 329 g/mol. The molecule has 1 heterocycles. The molecule has 2 aromatic rings. The summed E-state index contributed by atoms with van der Waals surface area (Å²) in [5.74, 6) is 0.0945. The number of benzene rings is 2. The highest BCUT2D eigenvalue weighted by Gasteiger charge is 2.47. The number of nitrogens with zero attached hydrogens (tertiary/aromatic N) is 1. The Morgan fingerprint density at radius 3 is 2.56 bits per heavy atom. The van der Waals surface area contributed by atoms with Gasteiger partial charge in [0.1, 0.15) is 0 Å². The number of alkyl halides is 3. The summed E-state index contributed by atoms with van der Waals surface area (Å²) in [6.07, 6.45) is -3.52. The van der Waals surface area contributed by atoms with E-state index in [-0.39, 0.29) is 24.4 Å². The highest BCUT2D eigenvalue weighted by atomic mass is 19.4. The van der Waals surface area contributed by atoms with Gasteiger partial charge in [0.2, 0.25) is 5.91 Å². The Hall–Kier alpha value is -2.08. The Morgan fingerprint density at radius 1 is 1.20 bits per heavy atom. The van der Waals surface area contributed by atoms with Crippen molar-refractivity contribution in [3.8, 4) is 0 Å². The summed E-state index contributed by atoms with van der Waals surface area (Å²) in [7, 11) is 0. The minimum Gasteiger partial charge on any atom is -0.288 e. The molecule has 1 aliphatic rings. The molecule has 2 aromatic carbocycles. The summed E-state index contributed by atoms with van der Waals surface area (Å²) in [5, 5.41) is 2.35. The molecule has 1 saturated heterocycles. The largest absolute Gasteiger partial charge is 0.409 e. The third-order valence-corrected chi connectivity index (χ3v) is 4.39. The highest BCUT2D eigenvalue weighted by molar-refractivity contribution is 5.87. The second-order valence-corrected chi connectivity index (χ2v) is 6.92. The molecule has 1 aliphatic heterocycles. The molecule has 0 aliphatic carbocycles. The van der Waals surface area contributed by atoms with Gasteiger partial charge in [-0.05, 0) is 34.2 Å². The number of rotatable bonds is 4. The van der Waals surface area contributed by atoms with Crippen LogP contribution in [0.3, 0.4) is 0 Å². The van der Waals surface area contributed by atoms with E-state index in [9.17, 15) is 18.0 Å². The molecule has 134 valence electrons. The van der Waals surface area contributed by atoms with Gasteiger partial charge in [-0.1, -0.05) is 50.2 Å². The fourth-order valence-corrected chi connectivity index (χ4v) is 3.40. The van der Waals surface area contributed by atoms with E-state index in [1.807, 2.05) is 18.2 Å². The molecule has 0 saturated carbocycles. The first-order valence-electron chi connectivity index (χ1n) is 8.40. The van der Waals surface area contributed by atoms with Crippen molar-refractivity contribution in [2.75, 3.05) is 6.54 Å². The van der Waals surface area contributed by atoms with Crippen LogP contribution >= 0.6 is 0 Å². The van der Waals surface area contributed by atoms with Gasteiger partial charge in [-0.2, -0.15) is 13.2 Å². The van der Waals surface area contributed by atoms with Gasteiger partial charge in [0.15, 0.2) is 6.04 Å². The molecule has 0 aromatic heterocycles. The van der Waals surface area contributed by atoms with Crippen LogP contribution in [-0.2, 0) is 11.2 Å². The first kappa shape index (κ1) is 17.7. The third kappa shape index (κ3) is 3.79. The van der Waals surface area contributed by atoms with E-state index < -0.39 is 12.2 Å². The normalized spacial score (nSPS) is 17.3. The Kier molecular flexibility index (Phi) is 4.73. The van der Waals surface area contributed by atoms with Crippen LogP contribution in [0, 0.1) is 5.92 Å². The van der Waals surface area contributed by atoms with E-state index in [2.05, 4.69) is 19.3 Å². The second kappa shape index (κ2) is 6.67. The summed E-state index contributed by atoms with van der Waals surface area (Å²) in [4.78, 5) is 11.4. The zero-order chi connectivity index (χ0) is 18.2. The zero-order valence-corrected chi connectivity index (χ0v) is 14.2. The Balaban J connectivity index is 2.07. The van der Waals surface area contributed by atoms with Crippen molar-refractivity contribution in [3.05, 3.63) is 47.5 Å². The summed E-state index contributed by atoms with van der Waals surface area (Å²) >= 11 is 0. The molecule has 3 rings (SSSR count). The fraction of sp³-hybridized carbons (Fsp3) is 0.421. The molecule has 1 unspecified atom stereocenters. The van der Waals surface area contributed by atoms with Gasteiger partial charge in [0, 0.05) is 13.0 Å². The average molecular weight is 350 g/mol. The van der Waals surface area contributed by atoms with Gasteiger partial charge >= 0.3 is 6.18 Å². The zero-order valence-electron chi connectivity index (χ0n) is 14.2. The number of amides is 1. The molecule has 25 heavy (non-hydrogen) atoms. The van der Waals surface area contributed by atoms with Crippen molar-refractivity contribution in [3.63, 3.8) is 0 Å². The minimum absolute atomic E-state index is 0.0465. The van der Waals surface area contributed by atoms with E-state index in [1.165, 1.54) is 6.07 Å². The number of nitrogens with one attached hydrogen (secondary N) is 1. The van der Waals surface area contributed by atoms with Gasteiger partial charge in [-0.15, -0.1) is 0 Å². The predicted octanol–water partition coefficient (Wildman–Crippen LogP) is 4.38. The molecule has 1 N–H and O–H groups in total. The molecule has 0 spiro atoms. The first-order chi connectivity index (χ1) is 11.8. The van der Waals surface area contributed by atoms with Gasteiger partial charge in [0.05, 0.1) is 0 Å². The molecule has 3 nitrogen and oxygen atoms in total. The Morgan fingerprint density at radius 2 is 1.96 bits per heavy atom. The van der Waals surface area contributed by atoms with E-state index in [0.29, 0.717) is 11.3 Å². The lowest BCUT2D eigenvalue weighted by Gasteiger charge is -2.30. The highest BCUT2D eigenvalue weighted by Crippen LogP contribution is 2.40. The number of fused-ring (bicyclic) bond motifs is 1. The van der Waals surface area contributed by atoms with Crippen molar-refractivity contribution >= 4 is 16.7 Å². The van der Waals surface area contributed by atoms with Crippen molar-refractivity contribution in [1.29, 1.82) is 0 Å². The van der Waals surface area contributed by atoms with E-state index in [1.54, 1.807) is 12.1 Å². The third-order valence-electron chi connectivity index (χ3n) is 4.39. The maximum atomic E-state index is 13.8. The van der Waals surface area contributed by atoms with Crippen LogP contribution in [0.2, 0.25) is 0 Å². The van der Waals surface area contributed by atoms with E-state index in [4.69, 9.17) is 0 Å². The number of carbonyl (C=O) groups is 1. The van der Waals surface area contributed by atoms with Crippen LogP contribution in [0.5, 0.6) is 0 Å². The molecule has 1 atom stereocenters. The van der Waals surface area contributed by atoms with Crippen LogP contribution in [0.4, 0.5) is 13.2 Å². The summed E-state index contributed by atoms with van der Waals surface area (Å²) in [6, 6.07) is 8.73. The summed E-state index contributed by atoms with van der Waals surface area (Å²) in [6.45, 7) is 4.26. The van der Waals surface area contributed by atoms with Crippen molar-refractivity contribution in [2.24, 2.45) is 5.92 Å². The van der Waals surface area contributed by atoms with Gasteiger partial charge in [-0.3, -0.25) is 10.2 Å². The molecular formula is C19H21F3N2O. The second-order valence-electron chi connectivity index (χ2n) is 6.92. The first-order valence-corrected chi connectivity index (χ1v) is 8.40. The molecule has 6 heteroatoms. The number of carbonyl (C=O) groups excluding carboxylic acids is 1. The van der Waals surface area contributed by atoms with Crippen LogP contribution in [-0.4, -0.2) is 23.6 Å². The van der Waals surface area contributed by atoms with Gasteiger partial charge in [-0.25, -0.2) is 5.01 Å². The molecule has 1 amide bonds. The summed E-state index contributed by atoms with van der Waals surface area (Å²) in [5.41, 5.74) is 3.61. The van der Waals surface area contributed by atoms with Crippen LogP contribution in [0.1, 0.15) is 37.4 Å². The maximum absolute atomic E-state index is 13.8. The van der Waals surface area contributed by atoms with Gasteiger partial charge < -0.3 is 0 Å². The number of hydrogen-bond donors (Lipinski definition) is 1. The van der Waals surface area contributed by atoms with Crippen molar-refractivity contribution in [2.45, 2.75) is 38.9 Å².